The molecule has 4 aromatic rings. The molecular weight excluding hydrogens is 412 g/mol. The summed E-state index contributed by atoms with van der Waals surface area (Å²) in [5.74, 6) is 1.20. The predicted octanol–water partition coefficient (Wildman–Crippen LogP) is 4.55. The van der Waals surface area contributed by atoms with Gasteiger partial charge in [-0.3, -0.25) is 5.10 Å². The number of anilines is 2. The van der Waals surface area contributed by atoms with E-state index in [9.17, 15) is 4.79 Å². The Kier molecular flexibility index (Phi) is 5.19. The van der Waals surface area contributed by atoms with Gasteiger partial charge in [0, 0.05) is 28.9 Å². The monoisotopic (exact) mass is 436 g/mol. The number of ether oxygens (including phenoxy) is 1. The minimum Gasteiger partial charge on any atom is -0.446 e. The minimum atomic E-state index is -0.333. The number of alkyl carbamates (subject to hydrolysis) is 1. The fourth-order valence-corrected chi connectivity index (χ4v) is 5.16. The number of aryl methyl sites for hydroxylation is 1. The van der Waals surface area contributed by atoms with Crippen LogP contribution in [-0.2, 0) is 17.6 Å². The van der Waals surface area contributed by atoms with Crippen LogP contribution in [0.25, 0.3) is 21.1 Å². The average Bonchev–Trinajstić information content (AvgIpc) is 3.36. The van der Waals surface area contributed by atoms with Gasteiger partial charge in [-0.25, -0.2) is 14.8 Å². The predicted molar refractivity (Wildman–Crippen MR) is 122 cm³/mol. The molecule has 0 bridgehead atoms. The van der Waals surface area contributed by atoms with Gasteiger partial charge < -0.3 is 15.4 Å². The first-order valence-electron chi connectivity index (χ1n) is 10.5. The van der Waals surface area contributed by atoms with Gasteiger partial charge in [-0.15, -0.1) is 11.3 Å². The van der Waals surface area contributed by atoms with Gasteiger partial charge in [-0.05, 0) is 42.5 Å². The number of nitrogens with one attached hydrogen (secondary N) is 3. The maximum atomic E-state index is 12.1. The summed E-state index contributed by atoms with van der Waals surface area (Å²) < 4.78 is 5.65. The van der Waals surface area contributed by atoms with Crippen molar-refractivity contribution in [3.05, 3.63) is 41.2 Å². The SMILES string of the molecule is CC(C)CNC(=O)OC1CCc2c(sc3ncnc(Nc4ccc5[nH]ncc5c4)c23)C1. The molecule has 0 saturated heterocycles. The molecule has 3 aromatic heterocycles. The second-order valence-corrected chi connectivity index (χ2v) is 9.33. The number of carbonyl (C=O) groups excluding carboxylic acids is 1. The van der Waals surface area contributed by atoms with Gasteiger partial charge in [0.25, 0.3) is 0 Å². The van der Waals surface area contributed by atoms with Gasteiger partial charge in [0.05, 0.1) is 17.1 Å². The van der Waals surface area contributed by atoms with E-state index in [1.807, 2.05) is 18.2 Å². The summed E-state index contributed by atoms with van der Waals surface area (Å²) in [5.41, 5.74) is 3.21. The molecule has 0 aliphatic heterocycles. The van der Waals surface area contributed by atoms with E-state index in [0.29, 0.717) is 18.9 Å². The zero-order valence-electron chi connectivity index (χ0n) is 17.4. The summed E-state index contributed by atoms with van der Waals surface area (Å²) in [7, 11) is 0. The highest BCUT2D eigenvalue weighted by atomic mass is 32.1. The maximum Gasteiger partial charge on any atom is 0.407 e. The average molecular weight is 437 g/mol. The molecule has 8 nitrogen and oxygen atoms in total. The van der Waals surface area contributed by atoms with Gasteiger partial charge in [0.1, 0.15) is 23.1 Å². The number of hydrogen-bond donors (Lipinski definition) is 3. The van der Waals surface area contributed by atoms with Gasteiger partial charge in [-0.1, -0.05) is 13.8 Å². The van der Waals surface area contributed by atoms with Crippen molar-refractivity contribution in [1.82, 2.24) is 25.5 Å². The summed E-state index contributed by atoms with van der Waals surface area (Å²) >= 11 is 1.66. The number of amides is 1. The molecule has 160 valence electrons. The van der Waals surface area contributed by atoms with Crippen LogP contribution in [0.1, 0.15) is 30.7 Å². The molecule has 0 saturated carbocycles. The van der Waals surface area contributed by atoms with Crippen molar-refractivity contribution in [2.24, 2.45) is 5.92 Å². The number of thiophene rings is 1. The van der Waals surface area contributed by atoms with Gasteiger partial charge in [-0.2, -0.15) is 5.10 Å². The number of carbonyl (C=O) groups is 1. The van der Waals surface area contributed by atoms with E-state index in [1.165, 1.54) is 10.4 Å². The van der Waals surface area contributed by atoms with Crippen molar-refractivity contribution >= 4 is 50.1 Å². The summed E-state index contributed by atoms with van der Waals surface area (Å²) in [6.07, 6.45) is 5.30. The van der Waals surface area contributed by atoms with E-state index in [2.05, 4.69) is 44.6 Å². The number of H-pyrrole nitrogens is 1. The molecule has 1 atom stereocenters. The van der Waals surface area contributed by atoms with Gasteiger partial charge >= 0.3 is 6.09 Å². The summed E-state index contributed by atoms with van der Waals surface area (Å²) in [6, 6.07) is 6.05. The van der Waals surface area contributed by atoms with Crippen LogP contribution < -0.4 is 10.6 Å². The third kappa shape index (κ3) is 4.05. The molecule has 0 radical (unpaired) electrons. The molecule has 1 unspecified atom stereocenters. The Morgan fingerprint density at radius 1 is 1.35 bits per heavy atom. The molecule has 1 aliphatic carbocycles. The molecule has 5 rings (SSSR count). The van der Waals surface area contributed by atoms with Crippen LogP contribution in [0.15, 0.2) is 30.7 Å². The molecule has 0 spiro atoms. The lowest BCUT2D eigenvalue weighted by Crippen LogP contribution is -2.33. The Morgan fingerprint density at radius 2 is 2.26 bits per heavy atom. The summed E-state index contributed by atoms with van der Waals surface area (Å²) in [6.45, 7) is 4.74. The minimum absolute atomic E-state index is 0.111. The maximum absolute atomic E-state index is 12.1. The van der Waals surface area contributed by atoms with E-state index in [1.54, 1.807) is 23.9 Å². The normalized spacial score (nSPS) is 15.9. The Labute approximate surface area is 183 Å². The summed E-state index contributed by atoms with van der Waals surface area (Å²) in [5, 5.41) is 15.4. The molecule has 1 aliphatic rings. The van der Waals surface area contributed by atoms with Crippen LogP contribution in [0.2, 0.25) is 0 Å². The standard InChI is InChI=1S/C22H24N6O2S/c1-12(2)9-23-22(29)30-15-4-5-16-18(8-15)31-21-19(16)20(24-11-25-21)27-14-3-6-17-13(7-14)10-26-28-17/h3,6-7,10-12,15H,4-5,8-9H2,1-2H3,(H,23,29)(H,26,28)(H,24,25,27). The van der Waals surface area contributed by atoms with E-state index in [4.69, 9.17) is 4.74 Å². The second-order valence-electron chi connectivity index (χ2n) is 8.25. The number of fused-ring (bicyclic) bond motifs is 4. The van der Waals surface area contributed by atoms with Crippen LogP contribution in [0.3, 0.4) is 0 Å². The van der Waals surface area contributed by atoms with E-state index >= 15 is 0 Å². The lowest BCUT2D eigenvalue weighted by molar-refractivity contribution is 0.0895. The number of aromatic nitrogens is 4. The molecule has 3 heterocycles. The number of rotatable bonds is 5. The van der Waals surface area contributed by atoms with E-state index in [-0.39, 0.29) is 12.2 Å². The van der Waals surface area contributed by atoms with E-state index < -0.39 is 0 Å². The zero-order chi connectivity index (χ0) is 21.4. The van der Waals surface area contributed by atoms with Crippen molar-refractivity contribution in [3.8, 4) is 0 Å². The Morgan fingerprint density at radius 3 is 3.13 bits per heavy atom. The highest BCUT2D eigenvalue weighted by Gasteiger charge is 2.27. The smallest absolute Gasteiger partial charge is 0.407 e. The largest absolute Gasteiger partial charge is 0.446 e. The Hall–Kier alpha value is -3.20. The fourth-order valence-electron chi connectivity index (χ4n) is 3.91. The quantitative estimate of drug-likeness (QED) is 0.424. The number of aromatic amines is 1. The fraction of sp³-hybridized carbons (Fsp3) is 0.364. The van der Waals surface area contributed by atoms with Gasteiger partial charge in [0.2, 0.25) is 0 Å². The van der Waals surface area contributed by atoms with Crippen molar-refractivity contribution in [1.29, 1.82) is 0 Å². The van der Waals surface area contributed by atoms with Crippen LogP contribution in [0, 0.1) is 5.92 Å². The molecule has 0 fully saturated rings. The third-order valence-corrected chi connectivity index (χ3v) is 6.59. The first-order chi connectivity index (χ1) is 15.1. The molecule has 9 heteroatoms. The second kappa shape index (κ2) is 8.14. The highest BCUT2D eigenvalue weighted by Crippen LogP contribution is 2.39. The molecule has 3 N–H and O–H groups in total. The number of benzene rings is 1. The lowest BCUT2D eigenvalue weighted by Gasteiger charge is -2.23. The van der Waals surface area contributed by atoms with E-state index in [0.717, 1.165) is 45.5 Å². The first kappa shape index (κ1) is 19.7. The molecular formula is C22H24N6O2S. The van der Waals surface area contributed by atoms with Crippen molar-refractivity contribution in [3.63, 3.8) is 0 Å². The topological polar surface area (TPSA) is 105 Å². The molecule has 1 aromatic carbocycles. The summed E-state index contributed by atoms with van der Waals surface area (Å²) in [4.78, 5) is 23.3. The zero-order valence-corrected chi connectivity index (χ0v) is 18.3. The Bertz CT molecular complexity index is 1250. The van der Waals surface area contributed by atoms with Crippen molar-refractivity contribution in [2.45, 2.75) is 39.2 Å². The van der Waals surface area contributed by atoms with Crippen LogP contribution in [0.5, 0.6) is 0 Å². The lowest BCUT2D eigenvalue weighted by atomic mass is 9.94. The van der Waals surface area contributed by atoms with Gasteiger partial charge in [0.15, 0.2) is 0 Å². The number of hydrogen-bond acceptors (Lipinski definition) is 7. The molecule has 31 heavy (non-hydrogen) atoms. The van der Waals surface area contributed by atoms with Crippen molar-refractivity contribution < 1.29 is 9.53 Å². The van der Waals surface area contributed by atoms with Crippen LogP contribution in [0.4, 0.5) is 16.3 Å². The van der Waals surface area contributed by atoms with Crippen LogP contribution in [-0.4, -0.2) is 38.9 Å². The first-order valence-corrected chi connectivity index (χ1v) is 11.3. The molecule has 1 amide bonds. The highest BCUT2D eigenvalue weighted by molar-refractivity contribution is 7.19. The van der Waals surface area contributed by atoms with Crippen LogP contribution >= 0.6 is 11.3 Å². The number of nitrogens with zero attached hydrogens (tertiary/aromatic N) is 3. The third-order valence-electron chi connectivity index (χ3n) is 5.43. The Balaban J connectivity index is 1.37. The van der Waals surface area contributed by atoms with Crippen molar-refractivity contribution in [2.75, 3.05) is 11.9 Å².